The van der Waals surface area contributed by atoms with Gasteiger partial charge in [0, 0.05) is 19.7 Å². The van der Waals surface area contributed by atoms with Crippen LogP contribution in [0.2, 0.25) is 0 Å². The lowest BCUT2D eigenvalue weighted by molar-refractivity contribution is 0.0948. The molecular weight excluding hydrogens is 220 g/mol. The maximum atomic E-state index is 11.8. The lowest BCUT2D eigenvalue weighted by atomic mass is 10.2. The van der Waals surface area contributed by atoms with Gasteiger partial charge in [0.15, 0.2) is 0 Å². The van der Waals surface area contributed by atoms with E-state index in [0.717, 1.165) is 5.76 Å². The number of carbonyl (C=O) groups excluding carboxylic acids is 1. The molecule has 1 unspecified atom stereocenters. The lowest BCUT2D eigenvalue weighted by Gasteiger charge is -2.10. The van der Waals surface area contributed by atoms with E-state index in [1.165, 1.54) is 0 Å². The van der Waals surface area contributed by atoms with Crippen LogP contribution in [0.5, 0.6) is 0 Å². The molecule has 0 aliphatic rings. The first-order chi connectivity index (χ1) is 8.04. The number of nitrogens with two attached hydrogens (primary N) is 1. The molecule has 0 bridgehead atoms. The first-order valence-corrected chi connectivity index (χ1v) is 5.64. The molecule has 3 N–H and O–H groups in total. The normalized spacial score (nSPS) is 12.5. The van der Waals surface area contributed by atoms with Gasteiger partial charge in [-0.3, -0.25) is 4.79 Å². The summed E-state index contributed by atoms with van der Waals surface area (Å²) in [5, 5.41) is 2.81. The third-order valence-electron chi connectivity index (χ3n) is 2.47. The standard InChI is InChI=1S/C12H20N2O3/c1-8-6-11(9(2)17-8)12(15)14-5-4-10(13)7-16-3/h6,10H,4-5,7,13H2,1-3H3,(H,14,15). The Kier molecular flexibility index (Phi) is 5.18. The predicted molar refractivity (Wildman–Crippen MR) is 65.0 cm³/mol. The number of nitrogens with one attached hydrogen (secondary N) is 1. The molecule has 1 rings (SSSR count). The molecule has 0 aromatic carbocycles. The zero-order valence-corrected chi connectivity index (χ0v) is 10.6. The van der Waals surface area contributed by atoms with Crippen LogP contribution in [0.3, 0.4) is 0 Å². The minimum absolute atomic E-state index is 0.0486. The quantitative estimate of drug-likeness (QED) is 0.777. The summed E-state index contributed by atoms with van der Waals surface area (Å²) in [6.07, 6.45) is 0.690. The molecule has 1 amide bonds. The largest absolute Gasteiger partial charge is 0.466 e. The van der Waals surface area contributed by atoms with Crippen molar-refractivity contribution >= 4 is 5.91 Å². The van der Waals surface area contributed by atoms with E-state index in [4.69, 9.17) is 14.9 Å². The summed E-state index contributed by atoms with van der Waals surface area (Å²) in [5.74, 6) is 1.26. The van der Waals surface area contributed by atoms with E-state index in [1.54, 1.807) is 20.1 Å². The number of amides is 1. The summed E-state index contributed by atoms with van der Waals surface area (Å²) < 4.78 is 10.2. The monoisotopic (exact) mass is 240 g/mol. The van der Waals surface area contributed by atoms with Crippen LogP contribution in [0.4, 0.5) is 0 Å². The molecule has 96 valence electrons. The highest BCUT2D eigenvalue weighted by atomic mass is 16.5. The summed E-state index contributed by atoms with van der Waals surface area (Å²) in [6, 6.07) is 1.69. The van der Waals surface area contributed by atoms with E-state index in [0.29, 0.717) is 30.9 Å². The zero-order valence-electron chi connectivity index (χ0n) is 10.6. The summed E-state index contributed by atoms with van der Waals surface area (Å²) in [7, 11) is 1.61. The van der Waals surface area contributed by atoms with E-state index < -0.39 is 0 Å². The Balaban J connectivity index is 2.37. The average molecular weight is 240 g/mol. The molecule has 1 heterocycles. The molecule has 0 aliphatic heterocycles. The number of aryl methyl sites for hydroxylation is 2. The molecule has 0 saturated heterocycles. The van der Waals surface area contributed by atoms with Gasteiger partial charge in [-0.2, -0.15) is 0 Å². The number of rotatable bonds is 6. The van der Waals surface area contributed by atoms with Crippen LogP contribution in [-0.4, -0.2) is 32.2 Å². The van der Waals surface area contributed by atoms with Crippen molar-refractivity contribution in [1.29, 1.82) is 0 Å². The SMILES string of the molecule is COCC(N)CCNC(=O)c1cc(C)oc1C. The van der Waals surface area contributed by atoms with E-state index >= 15 is 0 Å². The van der Waals surface area contributed by atoms with E-state index in [2.05, 4.69) is 5.32 Å². The maximum absolute atomic E-state index is 11.8. The Bertz CT molecular complexity index is 374. The van der Waals surface area contributed by atoms with Crippen molar-refractivity contribution in [2.45, 2.75) is 26.3 Å². The molecular formula is C12H20N2O3. The van der Waals surface area contributed by atoms with Gasteiger partial charge in [-0.1, -0.05) is 0 Å². The molecule has 1 aromatic rings. The van der Waals surface area contributed by atoms with Gasteiger partial charge in [0.25, 0.3) is 5.91 Å². The topological polar surface area (TPSA) is 77.5 Å². The molecule has 0 radical (unpaired) electrons. The minimum Gasteiger partial charge on any atom is -0.466 e. The second kappa shape index (κ2) is 6.42. The second-order valence-corrected chi connectivity index (χ2v) is 4.09. The first-order valence-electron chi connectivity index (χ1n) is 5.64. The second-order valence-electron chi connectivity index (χ2n) is 4.09. The third kappa shape index (κ3) is 4.20. The molecule has 17 heavy (non-hydrogen) atoms. The van der Waals surface area contributed by atoms with Crippen LogP contribution >= 0.6 is 0 Å². The van der Waals surface area contributed by atoms with Crippen molar-refractivity contribution < 1.29 is 13.9 Å². The van der Waals surface area contributed by atoms with Gasteiger partial charge < -0.3 is 20.2 Å². The van der Waals surface area contributed by atoms with Crippen LogP contribution in [0.1, 0.15) is 28.3 Å². The van der Waals surface area contributed by atoms with Gasteiger partial charge in [-0.05, 0) is 26.3 Å². The highest BCUT2D eigenvalue weighted by Crippen LogP contribution is 2.13. The van der Waals surface area contributed by atoms with Crippen molar-refractivity contribution in [2.24, 2.45) is 5.73 Å². The van der Waals surface area contributed by atoms with Crippen LogP contribution in [0.15, 0.2) is 10.5 Å². The Morgan fingerprint density at radius 1 is 1.59 bits per heavy atom. The van der Waals surface area contributed by atoms with E-state index in [-0.39, 0.29) is 11.9 Å². The summed E-state index contributed by atoms with van der Waals surface area (Å²) in [4.78, 5) is 11.8. The average Bonchev–Trinajstić information content (AvgIpc) is 2.58. The van der Waals surface area contributed by atoms with Crippen molar-refractivity contribution in [3.8, 4) is 0 Å². The van der Waals surface area contributed by atoms with E-state index in [1.807, 2.05) is 6.92 Å². The minimum atomic E-state index is -0.121. The van der Waals surface area contributed by atoms with Gasteiger partial charge in [-0.15, -0.1) is 0 Å². The van der Waals surface area contributed by atoms with Crippen LogP contribution in [0.25, 0.3) is 0 Å². The Labute approximate surface area is 101 Å². The van der Waals surface area contributed by atoms with Gasteiger partial charge in [-0.25, -0.2) is 0 Å². The zero-order chi connectivity index (χ0) is 12.8. The molecule has 0 fully saturated rings. The Morgan fingerprint density at radius 3 is 2.82 bits per heavy atom. The first kappa shape index (κ1) is 13.7. The molecule has 0 spiro atoms. The fourth-order valence-corrected chi connectivity index (χ4v) is 1.62. The van der Waals surface area contributed by atoms with Crippen molar-refractivity contribution in [3.63, 3.8) is 0 Å². The predicted octanol–water partition coefficient (Wildman–Crippen LogP) is 0.990. The lowest BCUT2D eigenvalue weighted by Crippen LogP contribution is -2.32. The fraction of sp³-hybridized carbons (Fsp3) is 0.583. The highest BCUT2D eigenvalue weighted by Gasteiger charge is 2.13. The Morgan fingerprint density at radius 2 is 2.29 bits per heavy atom. The number of furan rings is 1. The molecule has 5 nitrogen and oxygen atoms in total. The smallest absolute Gasteiger partial charge is 0.254 e. The van der Waals surface area contributed by atoms with Gasteiger partial charge in [0.2, 0.25) is 0 Å². The van der Waals surface area contributed by atoms with Crippen molar-refractivity contribution in [2.75, 3.05) is 20.3 Å². The molecule has 0 aliphatic carbocycles. The molecule has 1 atom stereocenters. The third-order valence-corrected chi connectivity index (χ3v) is 2.47. The maximum Gasteiger partial charge on any atom is 0.254 e. The molecule has 0 saturated carbocycles. The summed E-state index contributed by atoms with van der Waals surface area (Å²) >= 11 is 0. The van der Waals surface area contributed by atoms with Crippen molar-refractivity contribution in [1.82, 2.24) is 5.32 Å². The van der Waals surface area contributed by atoms with E-state index in [9.17, 15) is 4.79 Å². The number of methoxy groups -OCH3 is 1. The number of carbonyl (C=O) groups is 1. The number of ether oxygens (including phenoxy) is 1. The number of hydrogen-bond acceptors (Lipinski definition) is 4. The summed E-state index contributed by atoms with van der Waals surface area (Å²) in [5.41, 5.74) is 6.33. The van der Waals surface area contributed by atoms with Crippen molar-refractivity contribution in [3.05, 3.63) is 23.2 Å². The van der Waals surface area contributed by atoms with Crippen LogP contribution < -0.4 is 11.1 Å². The Hall–Kier alpha value is -1.33. The van der Waals surface area contributed by atoms with Gasteiger partial charge >= 0.3 is 0 Å². The fourth-order valence-electron chi connectivity index (χ4n) is 1.62. The highest BCUT2D eigenvalue weighted by molar-refractivity contribution is 5.95. The summed E-state index contributed by atoms with van der Waals surface area (Å²) in [6.45, 7) is 4.63. The van der Waals surface area contributed by atoms with Gasteiger partial charge in [0.1, 0.15) is 11.5 Å². The van der Waals surface area contributed by atoms with Crippen LogP contribution in [-0.2, 0) is 4.74 Å². The number of hydrogen-bond donors (Lipinski definition) is 2. The van der Waals surface area contributed by atoms with Gasteiger partial charge in [0.05, 0.1) is 12.2 Å². The molecule has 1 aromatic heterocycles. The van der Waals surface area contributed by atoms with Crippen LogP contribution in [0, 0.1) is 13.8 Å². The molecule has 5 heteroatoms.